The predicted octanol–water partition coefficient (Wildman–Crippen LogP) is 1.77. The van der Waals surface area contributed by atoms with Gasteiger partial charge in [0.1, 0.15) is 0 Å². The lowest BCUT2D eigenvalue weighted by Gasteiger charge is -2.23. The highest BCUT2D eigenvalue weighted by atomic mass is 16.4. The molecule has 0 amide bonds. The summed E-state index contributed by atoms with van der Waals surface area (Å²) in [5.41, 5.74) is 0.110. The molecule has 0 aliphatic heterocycles. The minimum absolute atomic E-state index is 0.110. The Morgan fingerprint density at radius 1 is 1.53 bits per heavy atom. The van der Waals surface area contributed by atoms with Crippen molar-refractivity contribution in [2.75, 3.05) is 13.1 Å². The van der Waals surface area contributed by atoms with E-state index < -0.39 is 5.97 Å². The largest absolute Gasteiger partial charge is 0.481 e. The molecule has 2 N–H and O–H groups in total. The zero-order valence-electron chi connectivity index (χ0n) is 9.55. The van der Waals surface area contributed by atoms with Gasteiger partial charge in [-0.25, -0.2) is 0 Å². The van der Waals surface area contributed by atoms with Crippen molar-refractivity contribution >= 4 is 5.97 Å². The normalized spacial score (nSPS) is 11.0. The van der Waals surface area contributed by atoms with Crippen LogP contribution in [0, 0.1) is 16.7 Å². The average Bonchev–Trinajstić information content (AvgIpc) is 2.14. The Hall–Kier alpha value is -1.08. The first-order valence-corrected chi connectivity index (χ1v) is 5.27. The fourth-order valence-electron chi connectivity index (χ4n) is 1.27. The van der Waals surface area contributed by atoms with Gasteiger partial charge in [0.25, 0.3) is 0 Å². The Bertz CT molecular complexity index is 231. The van der Waals surface area contributed by atoms with Gasteiger partial charge in [0.05, 0.1) is 6.07 Å². The monoisotopic (exact) mass is 212 g/mol. The summed E-state index contributed by atoms with van der Waals surface area (Å²) in [5.74, 6) is -0.749. The van der Waals surface area contributed by atoms with E-state index in [1.54, 1.807) is 0 Å². The van der Waals surface area contributed by atoms with E-state index in [1.165, 1.54) is 0 Å². The summed E-state index contributed by atoms with van der Waals surface area (Å²) >= 11 is 0. The lowest BCUT2D eigenvalue weighted by atomic mass is 9.88. The molecule has 0 bridgehead atoms. The number of carbonyl (C=O) groups is 1. The summed E-state index contributed by atoms with van der Waals surface area (Å²) in [4.78, 5) is 10.2. The van der Waals surface area contributed by atoms with Crippen LogP contribution >= 0.6 is 0 Å². The molecule has 4 nitrogen and oxygen atoms in total. The molecule has 0 radical (unpaired) electrons. The summed E-state index contributed by atoms with van der Waals surface area (Å²) in [6.45, 7) is 5.76. The van der Waals surface area contributed by atoms with Crippen LogP contribution in [-0.2, 0) is 4.79 Å². The molecule has 0 saturated heterocycles. The van der Waals surface area contributed by atoms with E-state index in [4.69, 9.17) is 10.4 Å². The first-order valence-electron chi connectivity index (χ1n) is 5.27. The zero-order chi connectivity index (χ0) is 11.7. The first-order chi connectivity index (χ1) is 6.98. The molecule has 0 aliphatic rings. The van der Waals surface area contributed by atoms with Crippen molar-refractivity contribution in [1.82, 2.24) is 5.32 Å². The van der Waals surface area contributed by atoms with Crippen LogP contribution in [-0.4, -0.2) is 24.2 Å². The number of hydrogen-bond donors (Lipinski definition) is 2. The fourth-order valence-corrected chi connectivity index (χ4v) is 1.27. The summed E-state index contributed by atoms with van der Waals surface area (Å²) in [6, 6.07) is 2.13. The van der Waals surface area contributed by atoms with Crippen molar-refractivity contribution in [2.24, 2.45) is 5.41 Å². The quantitative estimate of drug-likeness (QED) is 0.601. The number of carboxylic acid groups (broad SMARTS) is 1. The van der Waals surface area contributed by atoms with Crippen LogP contribution in [0.3, 0.4) is 0 Å². The highest BCUT2D eigenvalue weighted by Crippen LogP contribution is 2.20. The highest BCUT2D eigenvalue weighted by Gasteiger charge is 2.16. The zero-order valence-corrected chi connectivity index (χ0v) is 9.55. The Labute approximate surface area is 91.3 Å². The van der Waals surface area contributed by atoms with Crippen molar-refractivity contribution in [1.29, 1.82) is 5.26 Å². The molecule has 15 heavy (non-hydrogen) atoms. The Balaban J connectivity index is 3.49. The summed E-state index contributed by atoms with van der Waals surface area (Å²) in [5, 5.41) is 20.1. The van der Waals surface area contributed by atoms with Gasteiger partial charge in [-0.3, -0.25) is 4.79 Å². The second-order valence-corrected chi connectivity index (χ2v) is 4.50. The molecular formula is C11H20N2O2. The average molecular weight is 212 g/mol. The number of nitrogens with one attached hydrogen (secondary N) is 1. The molecule has 0 atom stereocenters. The third-order valence-electron chi connectivity index (χ3n) is 2.26. The van der Waals surface area contributed by atoms with E-state index in [0.29, 0.717) is 12.8 Å². The highest BCUT2D eigenvalue weighted by molar-refractivity contribution is 5.66. The van der Waals surface area contributed by atoms with E-state index in [2.05, 4.69) is 25.2 Å². The smallest absolute Gasteiger partial charge is 0.303 e. The van der Waals surface area contributed by atoms with E-state index in [0.717, 1.165) is 19.5 Å². The van der Waals surface area contributed by atoms with Crippen LogP contribution in [0.1, 0.15) is 39.5 Å². The number of nitriles is 1. The molecule has 0 spiro atoms. The number of hydrogen-bond acceptors (Lipinski definition) is 3. The van der Waals surface area contributed by atoms with Crippen molar-refractivity contribution in [3.8, 4) is 6.07 Å². The molecule has 0 aliphatic carbocycles. The van der Waals surface area contributed by atoms with Gasteiger partial charge in [-0.2, -0.15) is 5.26 Å². The van der Waals surface area contributed by atoms with Crippen LogP contribution in [0.15, 0.2) is 0 Å². The van der Waals surface area contributed by atoms with Crippen LogP contribution < -0.4 is 5.32 Å². The third kappa shape index (κ3) is 9.23. The van der Waals surface area contributed by atoms with Gasteiger partial charge < -0.3 is 10.4 Å². The fraction of sp³-hybridized carbons (Fsp3) is 0.818. The van der Waals surface area contributed by atoms with Gasteiger partial charge in [0.15, 0.2) is 0 Å². The number of nitrogens with zero attached hydrogens (tertiary/aromatic N) is 1. The van der Waals surface area contributed by atoms with Crippen molar-refractivity contribution in [2.45, 2.75) is 39.5 Å². The van der Waals surface area contributed by atoms with Crippen LogP contribution in [0.4, 0.5) is 0 Å². The first kappa shape index (κ1) is 13.9. The number of rotatable bonds is 8. The third-order valence-corrected chi connectivity index (χ3v) is 2.26. The standard InChI is InChI=1S/C11H20N2O2/c1-11(2,6-4-7-12)9-13-8-3-5-10(14)15/h13H,3-6,8-9H2,1-2H3,(H,14,15). The maximum absolute atomic E-state index is 10.2. The summed E-state index contributed by atoms with van der Waals surface area (Å²) in [6.07, 6.45) is 2.31. The van der Waals surface area contributed by atoms with Crippen molar-refractivity contribution in [3.05, 3.63) is 0 Å². The van der Waals surface area contributed by atoms with Gasteiger partial charge in [0.2, 0.25) is 0 Å². The topological polar surface area (TPSA) is 73.1 Å². The van der Waals surface area contributed by atoms with Crippen LogP contribution in [0.5, 0.6) is 0 Å². The van der Waals surface area contributed by atoms with E-state index in [9.17, 15) is 4.79 Å². The van der Waals surface area contributed by atoms with Gasteiger partial charge >= 0.3 is 5.97 Å². The maximum Gasteiger partial charge on any atom is 0.303 e. The molecule has 0 fully saturated rings. The van der Waals surface area contributed by atoms with Gasteiger partial charge in [0, 0.05) is 19.4 Å². The molecule has 0 aromatic heterocycles. The molecule has 0 saturated carbocycles. The Kier molecular flexibility index (Phi) is 6.72. The molecule has 0 heterocycles. The maximum atomic E-state index is 10.2. The van der Waals surface area contributed by atoms with Gasteiger partial charge in [-0.15, -0.1) is 0 Å². The van der Waals surface area contributed by atoms with E-state index >= 15 is 0 Å². The number of carboxylic acids is 1. The van der Waals surface area contributed by atoms with Gasteiger partial charge in [-0.1, -0.05) is 13.8 Å². The molecule has 0 unspecified atom stereocenters. The minimum atomic E-state index is -0.749. The summed E-state index contributed by atoms with van der Waals surface area (Å²) < 4.78 is 0. The Morgan fingerprint density at radius 3 is 2.73 bits per heavy atom. The minimum Gasteiger partial charge on any atom is -0.481 e. The van der Waals surface area contributed by atoms with E-state index in [-0.39, 0.29) is 11.8 Å². The number of aliphatic carboxylic acids is 1. The molecule has 0 rings (SSSR count). The summed E-state index contributed by atoms with van der Waals surface area (Å²) in [7, 11) is 0. The molecular weight excluding hydrogens is 192 g/mol. The Morgan fingerprint density at radius 2 is 2.20 bits per heavy atom. The van der Waals surface area contributed by atoms with Crippen LogP contribution in [0.2, 0.25) is 0 Å². The lowest BCUT2D eigenvalue weighted by Crippen LogP contribution is -2.30. The second-order valence-electron chi connectivity index (χ2n) is 4.50. The second kappa shape index (κ2) is 7.24. The predicted molar refractivity (Wildman–Crippen MR) is 58.4 cm³/mol. The van der Waals surface area contributed by atoms with E-state index in [1.807, 2.05) is 0 Å². The van der Waals surface area contributed by atoms with Gasteiger partial charge in [-0.05, 0) is 24.8 Å². The molecule has 86 valence electrons. The molecule has 0 aromatic carbocycles. The van der Waals surface area contributed by atoms with Crippen molar-refractivity contribution in [3.63, 3.8) is 0 Å². The van der Waals surface area contributed by atoms with Crippen molar-refractivity contribution < 1.29 is 9.90 Å². The molecule has 0 aromatic rings. The lowest BCUT2D eigenvalue weighted by molar-refractivity contribution is -0.137. The molecule has 4 heteroatoms. The van der Waals surface area contributed by atoms with Crippen LogP contribution in [0.25, 0.3) is 0 Å². The SMILES string of the molecule is CC(C)(CCC#N)CNCCCC(=O)O.